The highest BCUT2D eigenvalue weighted by Crippen LogP contribution is 2.15. The van der Waals surface area contributed by atoms with Crippen LogP contribution >= 0.6 is 0 Å². The van der Waals surface area contributed by atoms with Crippen LogP contribution in [0.15, 0.2) is 18.2 Å². The van der Waals surface area contributed by atoms with Crippen LogP contribution in [0, 0.1) is 11.6 Å². The molecule has 0 saturated carbocycles. The summed E-state index contributed by atoms with van der Waals surface area (Å²) in [5.41, 5.74) is -0.233. The maximum Gasteiger partial charge on any atom is 0.317 e. The summed E-state index contributed by atoms with van der Waals surface area (Å²) in [6.07, 6.45) is 0.275. The summed E-state index contributed by atoms with van der Waals surface area (Å²) in [7, 11) is -3.66. The van der Waals surface area contributed by atoms with Gasteiger partial charge in [0.2, 0.25) is 10.0 Å². The van der Waals surface area contributed by atoms with Gasteiger partial charge >= 0.3 is 5.97 Å². The predicted octanol–water partition coefficient (Wildman–Crippen LogP) is 0.929. The van der Waals surface area contributed by atoms with E-state index in [1.165, 1.54) is 10.4 Å². The molecule has 2 rings (SSSR count). The van der Waals surface area contributed by atoms with Crippen LogP contribution in [0.5, 0.6) is 0 Å². The van der Waals surface area contributed by atoms with Crippen LogP contribution < -0.4 is 0 Å². The number of hydrogen-bond donors (Lipinski definition) is 1. The van der Waals surface area contributed by atoms with Crippen molar-refractivity contribution >= 4 is 16.0 Å². The molecule has 1 aromatic carbocycles. The number of hydrogen-bond acceptors (Lipinski definition) is 4. The number of halogens is 2. The lowest BCUT2D eigenvalue weighted by Crippen LogP contribution is -2.38. The van der Waals surface area contributed by atoms with Crippen molar-refractivity contribution in [2.24, 2.45) is 0 Å². The van der Waals surface area contributed by atoms with Gasteiger partial charge < -0.3 is 5.11 Å². The summed E-state index contributed by atoms with van der Waals surface area (Å²) in [5.74, 6) is -2.85. The molecule has 0 amide bonds. The van der Waals surface area contributed by atoms with Crippen molar-refractivity contribution in [1.82, 2.24) is 9.21 Å². The van der Waals surface area contributed by atoms with E-state index < -0.39 is 27.6 Å². The van der Waals surface area contributed by atoms with E-state index in [9.17, 15) is 22.0 Å². The molecule has 1 aliphatic rings. The van der Waals surface area contributed by atoms with Crippen LogP contribution in [-0.4, -0.2) is 67.2 Å². The lowest BCUT2D eigenvalue weighted by molar-refractivity contribution is -0.138. The van der Waals surface area contributed by atoms with Gasteiger partial charge in [0.1, 0.15) is 11.6 Å². The van der Waals surface area contributed by atoms with Gasteiger partial charge in [-0.3, -0.25) is 9.69 Å². The molecule has 0 radical (unpaired) electrons. The molecule has 1 fully saturated rings. The van der Waals surface area contributed by atoms with E-state index >= 15 is 0 Å². The van der Waals surface area contributed by atoms with Crippen molar-refractivity contribution in [2.75, 3.05) is 38.5 Å². The monoisotopic (exact) mass is 362 g/mol. The molecule has 0 bridgehead atoms. The van der Waals surface area contributed by atoms with Gasteiger partial charge in [0.05, 0.1) is 12.3 Å². The predicted molar refractivity (Wildman–Crippen MR) is 84.1 cm³/mol. The Morgan fingerprint density at radius 2 is 1.79 bits per heavy atom. The SMILES string of the molecule is O=C(O)CN1CCCN(S(=O)(=O)CCc2c(F)cccc2F)CC1. The van der Waals surface area contributed by atoms with Gasteiger partial charge in [0.25, 0.3) is 0 Å². The number of carbonyl (C=O) groups is 1. The molecule has 9 heteroatoms. The number of rotatable bonds is 6. The Labute approximate surface area is 139 Å². The van der Waals surface area contributed by atoms with Crippen LogP contribution in [0.25, 0.3) is 0 Å². The van der Waals surface area contributed by atoms with Crippen LogP contribution in [0.3, 0.4) is 0 Å². The Kier molecular flexibility index (Phi) is 6.25. The number of carboxylic acids is 1. The fourth-order valence-electron chi connectivity index (χ4n) is 2.71. The standard InChI is InChI=1S/C15H20F2N2O4S/c16-13-3-1-4-14(17)12(13)5-10-24(22,23)19-7-2-6-18(8-9-19)11-15(20)21/h1,3-4H,2,5-11H2,(H,20,21). The van der Waals surface area contributed by atoms with E-state index in [0.717, 1.165) is 12.1 Å². The summed E-state index contributed by atoms with van der Waals surface area (Å²) < 4.78 is 53.3. The fourth-order valence-corrected chi connectivity index (χ4v) is 4.19. The van der Waals surface area contributed by atoms with E-state index in [2.05, 4.69) is 0 Å². The molecule has 1 aromatic rings. The Bertz CT molecular complexity index is 676. The fraction of sp³-hybridized carbons (Fsp3) is 0.533. The maximum atomic E-state index is 13.6. The quantitative estimate of drug-likeness (QED) is 0.815. The van der Waals surface area contributed by atoms with Crippen molar-refractivity contribution in [1.29, 1.82) is 0 Å². The second-order valence-corrected chi connectivity index (χ2v) is 7.78. The van der Waals surface area contributed by atoms with Gasteiger partial charge in [0.15, 0.2) is 0 Å². The average Bonchev–Trinajstić information content (AvgIpc) is 2.72. The highest BCUT2D eigenvalue weighted by atomic mass is 32.2. The number of carboxylic acid groups (broad SMARTS) is 1. The lowest BCUT2D eigenvalue weighted by Gasteiger charge is -2.21. The topological polar surface area (TPSA) is 77.9 Å². The van der Waals surface area contributed by atoms with Crippen molar-refractivity contribution in [3.8, 4) is 0 Å². The normalized spacial score (nSPS) is 17.6. The second kappa shape index (κ2) is 8.00. The maximum absolute atomic E-state index is 13.6. The van der Waals surface area contributed by atoms with Crippen molar-refractivity contribution in [2.45, 2.75) is 12.8 Å². The van der Waals surface area contributed by atoms with Crippen molar-refractivity contribution in [3.05, 3.63) is 35.4 Å². The first-order valence-electron chi connectivity index (χ1n) is 7.64. The van der Waals surface area contributed by atoms with Gasteiger partial charge in [-0.05, 0) is 25.0 Å². The lowest BCUT2D eigenvalue weighted by atomic mass is 10.1. The van der Waals surface area contributed by atoms with Crippen LogP contribution in [-0.2, 0) is 21.2 Å². The van der Waals surface area contributed by atoms with E-state index in [-0.39, 0.29) is 37.4 Å². The zero-order valence-electron chi connectivity index (χ0n) is 13.1. The first-order chi connectivity index (χ1) is 11.3. The Hall–Kier alpha value is -1.58. The third-order valence-electron chi connectivity index (χ3n) is 3.97. The molecule has 0 aromatic heterocycles. The molecule has 0 atom stereocenters. The van der Waals surface area contributed by atoms with Gasteiger partial charge in [-0.2, -0.15) is 0 Å². The van der Waals surface area contributed by atoms with Crippen LogP contribution in [0.1, 0.15) is 12.0 Å². The van der Waals surface area contributed by atoms with Gasteiger partial charge in [0, 0.05) is 31.7 Å². The molecule has 1 saturated heterocycles. The molecule has 134 valence electrons. The highest BCUT2D eigenvalue weighted by Gasteiger charge is 2.26. The van der Waals surface area contributed by atoms with Crippen molar-refractivity contribution < 1.29 is 27.1 Å². The minimum Gasteiger partial charge on any atom is -0.480 e. The third kappa shape index (κ3) is 4.96. The molecule has 0 spiro atoms. The highest BCUT2D eigenvalue weighted by molar-refractivity contribution is 7.89. The summed E-state index contributed by atoms with van der Waals surface area (Å²) >= 11 is 0. The second-order valence-electron chi connectivity index (χ2n) is 5.69. The van der Waals surface area contributed by atoms with E-state index in [4.69, 9.17) is 5.11 Å². The van der Waals surface area contributed by atoms with Crippen molar-refractivity contribution in [3.63, 3.8) is 0 Å². The average molecular weight is 362 g/mol. The Balaban J connectivity index is 1.99. The zero-order chi connectivity index (χ0) is 17.7. The molecule has 6 nitrogen and oxygen atoms in total. The van der Waals surface area contributed by atoms with E-state index in [0.29, 0.717) is 19.5 Å². The number of aliphatic carboxylic acids is 1. The molecule has 1 N–H and O–H groups in total. The molecular formula is C15H20F2N2O4S. The molecular weight excluding hydrogens is 342 g/mol. The summed E-state index contributed by atoms with van der Waals surface area (Å²) in [6, 6.07) is 3.43. The zero-order valence-corrected chi connectivity index (χ0v) is 13.9. The number of benzene rings is 1. The van der Waals surface area contributed by atoms with Gasteiger partial charge in [-0.25, -0.2) is 21.5 Å². The van der Waals surface area contributed by atoms with E-state index in [1.807, 2.05) is 0 Å². The number of sulfonamides is 1. The first kappa shape index (κ1) is 18.8. The Morgan fingerprint density at radius 3 is 2.42 bits per heavy atom. The first-order valence-corrected chi connectivity index (χ1v) is 9.25. The van der Waals surface area contributed by atoms with Gasteiger partial charge in [-0.15, -0.1) is 0 Å². The van der Waals surface area contributed by atoms with E-state index in [1.54, 1.807) is 4.90 Å². The summed E-state index contributed by atoms with van der Waals surface area (Å²) in [4.78, 5) is 12.4. The minimum absolute atomic E-state index is 0.131. The molecule has 0 aliphatic carbocycles. The molecule has 1 heterocycles. The third-order valence-corrected chi connectivity index (χ3v) is 5.84. The van der Waals surface area contributed by atoms with Gasteiger partial charge in [-0.1, -0.05) is 6.07 Å². The summed E-state index contributed by atoms with van der Waals surface area (Å²) in [5, 5.41) is 8.80. The molecule has 0 unspecified atom stereocenters. The van der Waals surface area contributed by atoms with Crippen LogP contribution in [0.4, 0.5) is 8.78 Å². The molecule has 1 aliphatic heterocycles. The smallest absolute Gasteiger partial charge is 0.317 e. The largest absolute Gasteiger partial charge is 0.480 e. The minimum atomic E-state index is -3.66. The van der Waals surface area contributed by atoms with Crippen LogP contribution in [0.2, 0.25) is 0 Å². The molecule has 24 heavy (non-hydrogen) atoms. The summed E-state index contributed by atoms with van der Waals surface area (Å²) in [6.45, 7) is 1.14. The number of nitrogens with zero attached hydrogens (tertiary/aromatic N) is 2. The Morgan fingerprint density at radius 1 is 1.12 bits per heavy atom.